The van der Waals surface area contributed by atoms with Crippen molar-refractivity contribution in [2.75, 3.05) is 33.4 Å². The zero-order valence-corrected chi connectivity index (χ0v) is 16.2. The van der Waals surface area contributed by atoms with Crippen molar-refractivity contribution in [3.05, 3.63) is 34.9 Å². The molecule has 0 saturated carbocycles. The molecule has 0 aromatic heterocycles. The molecule has 27 heavy (non-hydrogen) atoms. The zero-order valence-electron chi connectivity index (χ0n) is 16.2. The number of likely N-dealkylation sites (tertiary alicyclic amines) is 1. The van der Waals surface area contributed by atoms with Crippen LogP contribution in [0.1, 0.15) is 31.4 Å². The summed E-state index contributed by atoms with van der Waals surface area (Å²) in [6, 6.07) is 6.14. The second-order valence-electron chi connectivity index (χ2n) is 7.81. The van der Waals surface area contributed by atoms with Crippen molar-refractivity contribution < 1.29 is 23.8 Å². The number of nitrogens with zero attached hydrogens (tertiary/aromatic N) is 1. The maximum Gasteiger partial charge on any atom is 0.344 e. The molecule has 0 spiro atoms. The molecule has 1 fully saturated rings. The maximum absolute atomic E-state index is 13.9. The van der Waals surface area contributed by atoms with Gasteiger partial charge in [-0.15, -0.1) is 0 Å². The van der Waals surface area contributed by atoms with Crippen LogP contribution in [0.15, 0.2) is 23.8 Å². The van der Waals surface area contributed by atoms with E-state index in [-0.39, 0.29) is 19.2 Å². The number of aliphatic carboxylic acids is 1. The molecule has 1 N–H and O–H groups in total. The molecule has 0 amide bonds. The van der Waals surface area contributed by atoms with Gasteiger partial charge in [0, 0.05) is 39.8 Å². The molecule has 1 saturated heterocycles. The summed E-state index contributed by atoms with van der Waals surface area (Å²) in [5.74, 6) is -0.159. The van der Waals surface area contributed by atoms with Gasteiger partial charge in [-0.25, -0.2) is 9.18 Å². The summed E-state index contributed by atoms with van der Waals surface area (Å²) in [4.78, 5) is 12.8. The van der Waals surface area contributed by atoms with Gasteiger partial charge in [-0.1, -0.05) is 24.6 Å². The van der Waals surface area contributed by atoms with Crippen LogP contribution in [0.5, 0.6) is 5.75 Å². The molecule has 0 radical (unpaired) electrons. The average Bonchev–Trinajstić information content (AvgIpc) is 2.59. The molecule has 1 aromatic rings. The van der Waals surface area contributed by atoms with Gasteiger partial charge in [0.25, 0.3) is 0 Å². The summed E-state index contributed by atoms with van der Waals surface area (Å²) in [7, 11) is 1.69. The number of hydrogen-bond acceptors (Lipinski definition) is 4. The molecule has 148 valence electrons. The van der Waals surface area contributed by atoms with Crippen molar-refractivity contribution in [3.8, 4) is 5.75 Å². The van der Waals surface area contributed by atoms with E-state index in [0.29, 0.717) is 19.1 Å². The van der Waals surface area contributed by atoms with Crippen molar-refractivity contribution >= 4 is 12.0 Å². The van der Waals surface area contributed by atoms with Crippen molar-refractivity contribution in [2.45, 2.75) is 38.5 Å². The molecule has 1 unspecified atom stereocenters. The maximum atomic E-state index is 13.9. The van der Waals surface area contributed by atoms with Crippen LogP contribution in [-0.4, -0.2) is 61.1 Å². The Morgan fingerprint density at radius 1 is 1.44 bits per heavy atom. The third kappa shape index (κ3) is 4.50. The van der Waals surface area contributed by atoms with Crippen molar-refractivity contribution in [1.82, 2.24) is 4.90 Å². The van der Waals surface area contributed by atoms with Gasteiger partial charge in [0.15, 0.2) is 0 Å². The van der Waals surface area contributed by atoms with Crippen LogP contribution in [0.3, 0.4) is 0 Å². The van der Waals surface area contributed by atoms with Crippen molar-refractivity contribution in [2.24, 2.45) is 5.92 Å². The number of methoxy groups -OCH3 is 1. The SMILES string of the molecule is COCCC(C)Oc1ccc2c(c1)C[C@@H](C)C(CN1CC(F)(C(=O)O)C1)=C2. The van der Waals surface area contributed by atoms with Gasteiger partial charge in [0.05, 0.1) is 6.10 Å². The monoisotopic (exact) mass is 377 g/mol. The van der Waals surface area contributed by atoms with Gasteiger partial charge < -0.3 is 14.6 Å². The van der Waals surface area contributed by atoms with Crippen LogP contribution in [0.2, 0.25) is 0 Å². The van der Waals surface area contributed by atoms with E-state index >= 15 is 0 Å². The Kier molecular flexibility index (Phi) is 5.86. The lowest BCUT2D eigenvalue weighted by Gasteiger charge is -2.42. The largest absolute Gasteiger partial charge is 0.491 e. The number of carboxylic acids is 1. The molecule has 1 heterocycles. The highest BCUT2D eigenvalue weighted by Crippen LogP contribution is 2.34. The van der Waals surface area contributed by atoms with E-state index in [1.165, 1.54) is 11.1 Å². The van der Waals surface area contributed by atoms with Crippen LogP contribution in [-0.2, 0) is 16.0 Å². The molecular formula is C21H28FNO4. The Balaban J connectivity index is 1.64. The quantitative estimate of drug-likeness (QED) is 0.754. The number of alkyl halides is 1. The van der Waals surface area contributed by atoms with Crippen LogP contribution in [0.25, 0.3) is 6.08 Å². The fraction of sp³-hybridized carbons (Fsp3) is 0.571. The summed E-state index contributed by atoms with van der Waals surface area (Å²) in [6.45, 7) is 5.41. The first-order chi connectivity index (χ1) is 12.8. The second-order valence-corrected chi connectivity index (χ2v) is 7.81. The van der Waals surface area contributed by atoms with E-state index < -0.39 is 11.6 Å². The fourth-order valence-electron chi connectivity index (χ4n) is 3.72. The highest BCUT2D eigenvalue weighted by molar-refractivity contribution is 5.79. The van der Waals surface area contributed by atoms with Crippen LogP contribution in [0, 0.1) is 5.92 Å². The molecule has 1 aliphatic heterocycles. The average molecular weight is 377 g/mol. The van der Waals surface area contributed by atoms with E-state index in [1.807, 2.05) is 17.9 Å². The van der Waals surface area contributed by atoms with E-state index in [0.717, 1.165) is 24.2 Å². The van der Waals surface area contributed by atoms with E-state index in [4.69, 9.17) is 14.6 Å². The molecule has 3 rings (SSSR count). The molecule has 2 aliphatic rings. The van der Waals surface area contributed by atoms with E-state index in [9.17, 15) is 9.18 Å². The number of ether oxygens (including phenoxy) is 2. The molecule has 0 bridgehead atoms. The molecule has 6 heteroatoms. The Labute approximate surface area is 159 Å². The number of benzene rings is 1. The van der Waals surface area contributed by atoms with Gasteiger partial charge in [-0.3, -0.25) is 4.90 Å². The third-order valence-electron chi connectivity index (χ3n) is 5.42. The second kappa shape index (κ2) is 7.98. The van der Waals surface area contributed by atoms with Crippen LogP contribution < -0.4 is 4.74 Å². The number of hydrogen-bond donors (Lipinski definition) is 1. The topological polar surface area (TPSA) is 59.0 Å². The zero-order chi connectivity index (χ0) is 19.6. The molecule has 1 aliphatic carbocycles. The Bertz CT molecular complexity index is 727. The minimum Gasteiger partial charge on any atom is -0.491 e. The van der Waals surface area contributed by atoms with E-state index in [1.54, 1.807) is 7.11 Å². The summed E-state index contributed by atoms with van der Waals surface area (Å²) in [5.41, 5.74) is 1.54. The predicted octanol–water partition coefficient (Wildman–Crippen LogP) is 3.17. The summed E-state index contributed by atoms with van der Waals surface area (Å²) < 4.78 is 25.0. The van der Waals surface area contributed by atoms with Gasteiger partial charge in [0.2, 0.25) is 5.67 Å². The predicted molar refractivity (Wildman–Crippen MR) is 102 cm³/mol. The Morgan fingerprint density at radius 3 is 2.85 bits per heavy atom. The van der Waals surface area contributed by atoms with Crippen molar-refractivity contribution in [3.63, 3.8) is 0 Å². The first kappa shape index (κ1) is 19.8. The number of carbonyl (C=O) groups is 1. The lowest BCUT2D eigenvalue weighted by Crippen LogP contribution is -2.63. The first-order valence-corrected chi connectivity index (χ1v) is 9.44. The smallest absolute Gasteiger partial charge is 0.344 e. The van der Waals surface area contributed by atoms with Crippen LogP contribution in [0.4, 0.5) is 4.39 Å². The lowest BCUT2D eigenvalue weighted by molar-refractivity contribution is -0.163. The molecule has 2 atom stereocenters. The third-order valence-corrected chi connectivity index (χ3v) is 5.42. The highest BCUT2D eigenvalue weighted by atomic mass is 19.1. The van der Waals surface area contributed by atoms with Gasteiger partial charge >= 0.3 is 5.97 Å². The van der Waals surface area contributed by atoms with Crippen molar-refractivity contribution in [1.29, 1.82) is 0 Å². The highest BCUT2D eigenvalue weighted by Gasteiger charge is 2.50. The molecule has 1 aromatic carbocycles. The lowest BCUT2D eigenvalue weighted by atomic mass is 9.83. The first-order valence-electron chi connectivity index (χ1n) is 9.44. The molecule has 5 nitrogen and oxygen atoms in total. The summed E-state index contributed by atoms with van der Waals surface area (Å²) in [5, 5.41) is 8.90. The number of fused-ring (bicyclic) bond motifs is 1. The number of carboxylic acid groups (broad SMARTS) is 1. The minimum absolute atomic E-state index is 0.0363. The minimum atomic E-state index is -2.08. The summed E-state index contributed by atoms with van der Waals surface area (Å²) in [6.07, 6.45) is 3.99. The Morgan fingerprint density at radius 2 is 2.19 bits per heavy atom. The summed E-state index contributed by atoms with van der Waals surface area (Å²) >= 11 is 0. The van der Waals surface area contributed by atoms with Crippen LogP contribution >= 0.6 is 0 Å². The number of rotatable bonds is 8. The van der Waals surface area contributed by atoms with Gasteiger partial charge in [-0.2, -0.15) is 0 Å². The standard InChI is InChI=1S/C21H28FNO4/c1-14-8-17-10-19(27-15(2)6-7-26-3)5-4-16(17)9-18(14)11-23-12-21(22,13-23)20(24)25/h4-5,9-10,14-15H,6-8,11-13H2,1-3H3,(H,24,25)/t14-,15?/m1/s1. The normalized spacial score (nSPS) is 22.4. The fourth-order valence-corrected chi connectivity index (χ4v) is 3.72. The van der Waals surface area contributed by atoms with E-state index in [2.05, 4.69) is 25.1 Å². The van der Waals surface area contributed by atoms with Gasteiger partial charge in [-0.05, 0) is 42.5 Å². The molecular weight excluding hydrogens is 349 g/mol. The number of halogens is 1. The Hall–Kier alpha value is -1.92. The van der Waals surface area contributed by atoms with Gasteiger partial charge in [0.1, 0.15) is 5.75 Å².